The Balaban J connectivity index is 1.48. The summed E-state index contributed by atoms with van der Waals surface area (Å²) in [5, 5.41) is 2.75. The number of carbonyl (C=O) groups excluding carboxylic acids is 3. The van der Waals surface area contributed by atoms with Gasteiger partial charge in [0.25, 0.3) is 5.91 Å². The molecule has 180 valence electrons. The quantitative estimate of drug-likeness (QED) is 0.497. The number of carbonyl (C=O) groups is 3. The predicted octanol–water partition coefficient (Wildman–Crippen LogP) is 3.05. The van der Waals surface area contributed by atoms with Crippen molar-refractivity contribution < 1.29 is 32.6 Å². The fourth-order valence-electron chi connectivity index (χ4n) is 3.51. The largest absolute Gasteiger partial charge is 0.485 e. The van der Waals surface area contributed by atoms with Gasteiger partial charge in [0, 0.05) is 17.8 Å². The third-order valence-corrected chi connectivity index (χ3v) is 5.36. The molecule has 35 heavy (non-hydrogen) atoms. The number of rotatable bonds is 8. The first-order valence-corrected chi connectivity index (χ1v) is 10.7. The van der Waals surface area contributed by atoms with E-state index in [9.17, 15) is 23.2 Å². The van der Waals surface area contributed by atoms with Crippen LogP contribution in [0.5, 0.6) is 11.5 Å². The molecule has 1 unspecified atom stereocenters. The number of Topliss-reactive ketones (excluding diaryl/α,β-unsaturated/α-hetero) is 1. The predicted molar refractivity (Wildman–Crippen MR) is 121 cm³/mol. The van der Waals surface area contributed by atoms with E-state index in [0.29, 0.717) is 11.4 Å². The first kappa shape index (κ1) is 23.8. The monoisotopic (exact) mass is 481 g/mol. The number of nitrogens with zero attached hydrogens (tertiary/aromatic N) is 2. The standard InChI is InChI=1S/C25H21F2N3O5/c1-15(25(33)29-12-17-4-2-3-9-28-17)30-21-10-16(5-8-23(21)35-14-24(30)32)22(31)13-34-18-6-7-19(26)20(27)11-18/h2-11,15H,12-14H2,1H3,(H,29,33). The third kappa shape index (κ3) is 5.43. The van der Waals surface area contributed by atoms with E-state index in [-0.39, 0.29) is 30.2 Å². The van der Waals surface area contributed by atoms with E-state index in [4.69, 9.17) is 9.47 Å². The van der Waals surface area contributed by atoms with Gasteiger partial charge >= 0.3 is 0 Å². The van der Waals surface area contributed by atoms with Crippen LogP contribution in [0.4, 0.5) is 14.5 Å². The maximum atomic E-state index is 13.4. The van der Waals surface area contributed by atoms with Gasteiger partial charge in [0.1, 0.15) is 17.5 Å². The lowest BCUT2D eigenvalue weighted by Gasteiger charge is -2.33. The van der Waals surface area contributed by atoms with Crippen molar-refractivity contribution in [2.45, 2.75) is 19.5 Å². The van der Waals surface area contributed by atoms with Crippen LogP contribution in [-0.2, 0) is 16.1 Å². The molecule has 0 saturated carbocycles. The maximum absolute atomic E-state index is 13.4. The van der Waals surface area contributed by atoms with Gasteiger partial charge in [-0.3, -0.25) is 24.3 Å². The molecule has 0 saturated heterocycles. The molecule has 1 aliphatic heterocycles. The summed E-state index contributed by atoms with van der Waals surface area (Å²) in [4.78, 5) is 43.6. The summed E-state index contributed by atoms with van der Waals surface area (Å²) >= 11 is 0. The van der Waals surface area contributed by atoms with E-state index in [1.165, 1.54) is 29.2 Å². The normalized spacial score (nSPS) is 13.5. The van der Waals surface area contributed by atoms with Crippen LogP contribution in [0.25, 0.3) is 0 Å². The number of ether oxygens (including phenoxy) is 2. The Hall–Kier alpha value is -4.34. The molecule has 0 bridgehead atoms. The molecule has 2 heterocycles. The summed E-state index contributed by atoms with van der Waals surface area (Å²) in [6.07, 6.45) is 1.61. The molecule has 3 aromatic rings. The third-order valence-electron chi connectivity index (χ3n) is 5.36. The van der Waals surface area contributed by atoms with Crippen LogP contribution in [0.2, 0.25) is 0 Å². The van der Waals surface area contributed by atoms with E-state index >= 15 is 0 Å². The molecular weight excluding hydrogens is 460 g/mol. The molecule has 1 aromatic heterocycles. The van der Waals surface area contributed by atoms with Crippen molar-refractivity contribution in [3.63, 3.8) is 0 Å². The summed E-state index contributed by atoms with van der Waals surface area (Å²) in [6, 6.07) is 11.8. The number of pyridine rings is 1. The number of amides is 2. The summed E-state index contributed by atoms with van der Waals surface area (Å²) in [6.45, 7) is 1.06. The van der Waals surface area contributed by atoms with Crippen molar-refractivity contribution in [2.75, 3.05) is 18.1 Å². The second kappa shape index (κ2) is 10.3. The van der Waals surface area contributed by atoms with Crippen LogP contribution >= 0.6 is 0 Å². The minimum absolute atomic E-state index is 0.00598. The first-order chi connectivity index (χ1) is 16.8. The summed E-state index contributed by atoms with van der Waals surface area (Å²) in [7, 11) is 0. The summed E-state index contributed by atoms with van der Waals surface area (Å²) in [5.74, 6) is -3.11. The van der Waals surface area contributed by atoms with Crippen LogP contribution in [0, 0.1) is 11.6 Å². The van der Waals surface area contributed by atoms with Crippen molar-refractivity contribution in [1.29, 1.82) is 0 Å². The van der Waals surface area contributed by atoms with Crippen LogP contribution in [0.15, 0.2) is 60.8 Å². The van der Waals surface area contributed by atoms with Crippen molar-refractivity contribution in [1.82, 2.24) is 10.3 Å². The number of halogens is 2. The highest BCUT2D eigenvalue weighted by Crippen LogP contribution is 2.34. The molecule has 0 fully saturated rings. The lowest BCUT2D eigenvalue weighted by Crippen LogP contribution is -2.51. The second-order valence-electron chi connectivity index (χ2n) is 7.74. The molecule has 4 rings (SSSR count). The van der Waals surface area contributed by atoms with Crippen molar-refractivity contribution in [3.8, 4) is 11.5 Å². The highest BCUT2D eigenvalue weighted by molar-refractivity contribution is 6.05. The zero-order valence-corrected chi connectivity index (χ0v) is 18.7. The van der Waals surface area contributed by atoms with Gasteiger partial charge in [-0.2, -0.15) is 0 Å². The van der Waals surface area contributed by atoms with Crippen LogP contribution in [0.3, 0.4) is 0 Å². The number of nitrogens with one attached hydrogen (secondary N) is 1. The maximum Gasteiger partial charge on any atom is 0.265 e. The van der Waals surface area contributed by atoms with Gasteiger partial charge in [-0.1, -0.05) is 6.07 Å². The number of benzene rings is 2. The Morgan fingerprint density at radius 2 is 1.97 bits per heavy atom. The zero-order chi connectivity index (χ0) is 24.9. The van der Waals surface area contributed by atoms with Gasteiger partial charge in [0.2, 0.25) is 5.91 Å². The SMILES string of the molecule is CC(C(=O)NCc1ccccn1)N1C(=O)COc2ccc(C(=O)COc3ccc(F)c(F)c3)cc21. The Kier molecular flexibility index (Phi) is 7.00. The van der Waals surface area contributed by atoms with Crippen molar-refractivity contribution in [2.24, 2.45) is 0 Å². The van der Waals surface area contributed by atoms with Crippen LogP contribution in [0.1, 0.15) is 23.0 Å². The summed E-state index contributed by atoms with van der Waals surface area (Å²) < 4.78 is 37.2. The van der Waals surface area contributed by atoms with Crippen molar-refractivity contribution >= 4 is 23.3 Å². The van der Waals surface area contributed by atoms with E-state index in [1.807, 2.05) is 0 Å². The van der Waals surface area contributed by atoms with Gasteiger partial charge in [-0.25, -0.2) is 8.78 Å². The average Bonchev–Trinajstić information content (AvgIpc) is 2.87. The number of fused-ring (bicyclic) bond motifs is 1. The number of anilines is 1. The fraction of sp³-hybridized carbons (Fsp3) is 0.200. The number of hydrogen-bond donors (Lipinski definition) is 1. The molecular formula is C25H21F2N3O5. The highest BCUT2D eigenvalue weighted by Gasteiger charge is 2.33. The molecule has 2 aromatic carbocycles. The van der Waals surface area contributed by atoms with Crippen LogP contribution in [-0.4, -0.2) is 41.8 Å². The Labute approximate surface area is 199 Å². The Morgan fingerprint density at radius 3 is 2.71 bits per heavy atom. The van der Waals surface area contributed by atoms with Gasteiger partial charge in [0.15, 0.2) is 30.6 Å². The zero-order valence-electron chi connectivity index (χ0n) is 18.7. The molecule has 2 amide bonds. The topological polar surface area (TPSA) is 97.8 Å². The first-order valence-electron chi connectivity index (χ1n) is 10.7. The smallest absolute Gasteiger partial charge is 0.265 e. The molecule has 1 atom stereocenters. The molecule has 0 spiro atoms. The van der Waals surface area contributed by atoms with Crippen LogP contribution < -0.4 is 19.7 Å². The molecule has 0 aliphatic carbocycles. The molecule has 8 nitrogen and oxygen atoms in total. The minimum atomic E-state index is -1.09. The number of ketones is 1. The minimum Gasteiger partial charge on any atom is -0.485 e. The lowest BCUT2D eigenvalue weighted by atomic mass is 10.1. The fourth-order valence-corrected chi connectivity index (χ4v) is 3.51. The molecule has 1 aliphatic rings. The Bertz CT molecular complexity index is 1270. The summed E-state index contributed by atoms with van der Waals surface area (Å²) in [5.41, 5.74) is 1.12. The highest BCUT2D eigenvalue weighted by atomic mass is 19.2. The van der Waals surface area contributed by atoms with E-state index in [0.717, 1.165) is 12.1 Å². The Morgan fingerprint density at radius 1 is 1.14 bits per heavy atom. The van der Waals surface area contributed by atoms with Gasteiger partial charge in [-0.15, -0.1) is 0 Å². The second-order valence-corrected chi connectivity index (χ2v) is 7.74. The average molecular weight is 481 g/mol. The van der Waals surface area contributed by atoms with E-state index < -0.39 is 41.9 Å². The van der Waals surface area contributed by atoms with Gasteiger partial charge in [-0.05, 0) is 49.4 Å². The van der Waals surface area contributed by atoms with Gasteiger partial charge < -0.3 is 14.8 Å². The number of aromatic nitrogens is 1. The lowest BCUT2D eigenvalue weighted by molar-refractivity contribution is -0.127. The molecule has 1 N–H and O–H groups in total. The molecule has 10 heteroatoms. The van der Waals surface area contributed by atoms with E-state index in [1.54, 1.807) is 31.3 Å². The molecule has 0 radical (unpaired) electrons. The van der Waals surface area contributed by atoms with E-state index in [2.05, 4.69) is 10.3 Å². The van der Waals surface area contributed by atoms with Gasteiger partial charge in [0.05, 0.1) is 17.9 Å². The number of hydrogen-bond acceptors (Lipinski definition) is 6. The van der Waals surface area contributed by atoms with Crippen molar-refractivity contribution in [3.05, 3.63) is 83.7 Å².